The predicted molar refractivity (Wildman–Crippen MR) is 76.7 cm³/mol. The summed E-state index contributed by atoms with van der Waals surface area (Å²) in [6.45, 7) is 0. The van der Waals surface area contributed by atoms with Gasteiger partial charge in [-0.05, 0) is 23.8 Å². The normalized spacial score (nSPS) is 16.2. The van der Waals surface area contributed by atoms with Crippen molar-refractivity contribution >= 4 is 17.7 Å². The molecular formula is C16H14N2O. The van der Waals surface area contributed by atoms with Crippen LogP contribution in [0, 0.1) is 0 Å². The van der Waals surface area contributed by atoms with E-state index in [4.69, 9.17) is 0 Å². The average Bonchev–Trinajstić information content (AvgIpc) is 2.46. The lowest BCUT2D eigenvalue weighted by molar-refractivity contribution is 0.0961. The summed E-state index contributed by atoms with van der Waals surface area (Å²) >= 11 is 0. The van der Waals surface area contributed by atoms with Crippen molar-refractivity contribution in [1.82, 2.24) is 5.32 Å². The van der Waals surface area contributed by atoms with Crippen molar-refractivity contribution in [2.45, 2.75) is 0 Å². The Hall–Kier alpha value is -2.55. The van der Waals surface area contributed by atoms with Crippen molar-refractivity contribution < 1.29 is 4.79 Å². The molecule has 19 heavy (non-hydrogen) atoms. The number of para-hydroxylation sites is 1. The largest absolute Gasteiger partial charge is 0.330 e. The number of rotatable bonds is 1. The van der Waals surface area contributed by atoms with E-state index in [1.165, 1.54) is 0 Å². The van der Waals surface area contributed by atoms with Crippen molar-refractivity contribution in [2.24, 2.45) is 0 Å². The van der Waals surface area contributed by atoms with Gasteiger partial charge in [-0.2, -0.15) is 0 Å². The van der Waals surface area contributed by atoms with Crippen molar-refractivity contribution in [3.05, 3.63) is 71.5 Å². The summed E-state index contributed by atoms with van der Waals surface area (Å²) in [6.07, 6.45) is 1.97. The van der Waals surface area contributed by atoms with E-state index >= 15 is 0 Å². The Morgan fingerprint density at radius 1 is 1.00 bits per heavy atom. The molecule has 1 N–H and O–H groups in total. The van der Waals surface area contributed by atoms with Gasteiger partial charge in [0.1, 0.15) is 5.82 Å². The van der Waals surface area contributed by atoms with Crippen LogP contribution < -0.4 is 10.2 Å². The fourth-order valence-electron chi connectivity index (χ4n) is 2.20. The number of carbonyl (C=O) groups is 1. The van der Waals surface area contributed by atoms with Crippen molar-refractivity contribution in [2.75, 3.05) is 11.9 Å². The van der Waals surface area contributed by atoms with Crippen molar-refractivity contribution in [3.8, 4) is 0 Å². The molecule has 0 bridgehead atoms. The highest BCUT2D eigenvalue weighted by Gasteiger charge is 2.23. The van der Waals surface area contributed by atoms with Crippen LogP contribution in [0.25, 0.3) is 6.08 Å². The third kappa shape index (κ3) is 2.10. The maximum absolute atomic E-state index is 12.1. The molecule has 0 saturated heterocycles. The van der Waals surface area contributed by atoms with E-state index in [-0.39, 0.29) is 5.91 Å². The molecule has 1 amide bonds. The molecular weight excluding hydrogens is 236 g/mol. The summed E-state index contributed by atoms with van der Waals surface area (Å²) < 4.78 is 0. The summed E-state index contributed by atoms with van der Waals surface area (Å²) in [4.78, 5) is 14.0. The molecule has 1 aliphatic heterocycles. The zero-order valence-corrected chi connectivity index (χ0v) is 10.6. The van der Waals surface area contributed by atoms with Gasteiger partial charge in [0.15, 0.2) is 0 Å². The highest BCUT2D eigenvalue weighted by atomic mass is 16.2. The first-order valence-electron chi connectivity index (χ1n) is 6.16. The molecule has 0 radical (unpaired) electrons. The predicted octanol–water partition coefficient (Wildman–Crippen LogP) is 2.86. The Morgan fingerprint density at radius 3 is 2.47 bits per heavy atom. The Labute approximate surface area is 112 Å². The van der Waals surface area contributed by atoms with Crippen molar-refractivity contribution in [3.63, 3.8) is 0 Å². The number of anilines is 1. The number of benzene rings is 2. The van der Waals surface area contributed by atoms with Crippen LogP contribution >= 0.6 is 0 Å². The second kappa shape index (κ2) is 4.61. The van der Waals surface area contributed by atoms with Gasteiger partial charge in [-0.15, -0.1) is 0 Å². The molecule has 0 aromatic heterocycles. The van der Waals surface area contributed by atoms with Crippen LogP contribution in [0.15, 0.2) is 60.4 Å². The lowest BCUT2D eigenvalue weighted by Crippen LogP contribution is -2.38. The van der Waals surface area contributed by atoms with E-state index in [0.717, 1.165) is 17.1 Å². The van der Waals surface area contributed by atoms with Crippen LogP contribution in [0.5, 0.6) is 0 Å². The van der Waals surface area contributed by atoms with E-state index in [1.54, 1.807) is 0 Å². The number of hydrogen-bond acceptors (Lipinski definition) is 2. The molecule has 3 heteroatoms. The second-order valence-electron chi connectivity index (χ2n) is 4.47. The fraction of sp³-hybridized carbons (Fsp3) is 0.0625. The van der Waals surface area contributed by atoms with Gasteiger partial charge in [0.25, 0.3) is 5.91 Å². The summed E-state index contributed by atoms with van der Waals surface area (Å²) in [7, 11) is 1.95. The molecule has 0 saturated carbocycles. The highest BCUT2D eigenvalue weighted by Crippen LogP contribution is 2.26. The van der Waals surface area contributed by atoms with Gasteiger partial charge in [-0.25, -0.2) is 0 Å². The van der Waals surface area contributed by atoms with E-state index in [2.05, 4.69) is 5.32 Å². The zero-order chi connectivity index (χ0) is 13.2. The average molecular weight is 250 g/mol. The Balaban J connectivity index is 2.03. The topological polar surface area (TPSA) is 32.3 Å². The molecule has 0 atom stereocenters. The Morgan fingerprint density at radius 2 is 1.68 bits per heavy atom. The van der Waals surface area contributed by atoms with Crippen LogP contribution in [0.1, 0.15) is 15.9 Å². The van der Waals surface area contributed by atoms with Gasteiger partial charge < -0.3 is 10.2 Å². The van der Waals surface area contributed by atoms with Crippen LogP contribution in [-0.2, 0) is 0 Å². The summed E-state index contributed by atoms with van der Waals surface area (Å²) in [5, 5.41) is 2.92. The SMILES string of the molecule is CN1C(=Cc2ccccc2)NC(=O)c2ccccc21. The minimum absolute atomic E-state index is 0.0594. The maximum atomic E-state index is 12.1. The molecule has 0 aliphatic carbocycles. The standard InChI is InChI=1S/C16H14N2O/c1-18-14-10-6-5-9-13(14)16(19)17-15(18)11-12-7-3-2-4-8-12/h2-11H,1H3,(H,17,19). The van der Waals surface area contributed by atoms with Crippen molar-refractivity contribution in [1.29, 1.82) is 0 Å². The Kier molecular flexibility index (Phi) is 2.80. The molecule has 2 aromatic carbocycles. The monoisotopic (exact) mass is 250 g/mol. The lowest BCUT2D eigenvalue weighted by Gasteiger charge is -2.30. The number of nitrogens with zero attached hydrogens (tertiary/aromatic N) is 1. The molecule has 3 nitrogen and oxygen atoms in total. The van der Waals surface area contributed by atoms with Gasteiger partial charge >= 0.3 is 0 Å². The quantitative estimate of drug-likeness (QED) is 0.844. The first kappa shape index (κ1) is 11.5. The second-order valence-corrected chi connectivity index (χ2v) is 4.47. The lowest BCUT2D eigenvalue weighted by atomic mass is 10.1. The van der Waals surface area contributed by atoms with Crippen LogP contribution in [0.2, 0.25) is 0 Å². The molecule has 1 heterocycles. The van der Waals surface area contributed by atoms with E-state index in [0.29, 0.717) is 5.56 Å². The molecule has 94 valence electrons. The van der Waals surface area contributed by atoms with E-state index in [1.807, 2.05) is 72.6 Å². The molecule has 2 aromatic rings. The number of hydrogen-bond donors (Lipinski definition) is 1. The minimum Gasteiger partial charge on any atom is -0.330 e. The third-order valence-corrected chi connectivity index (χ3v) is 3.22. The van der Waals surface area contributed by atoms with Crippen LogP contribution in [0.3, 0.4) is 0 Å². The van der Waals surface area contributed by atoms with Crippen LogP contribution in [0.4, 0.5) is 5.69 Å². The molecule has 0 spiro atoms. The number of carbonyl (C=O) groups excluding carboxylic acids is 1. The minimum atomic E-state index is -0.0594. The maximum Gasteiger partial charge on any atom is 0.258 e. The first-order valence-corrected chi connectivity index (χ1v) is 6.16. The molecule has 0 fully saturated rings. The summed E-state index contributed by atoms with van der Waals surface area (Å²) in [6, 6.07) is 17.5. The van der Waals surface area contributed by atoms with Gasteiger partial charge in [0.05, 0.1) is 11.3 Å². The molecule has 0 unspecified atom stereocenters. The smallest absolute Gasteiger partial charge is 0.258 e. The van der Waals surface area contributed by atoms with Gasteiger partial charge in [-0.3, -0.25) is 4.79 Å². The summed E-state index contributed by atoms with van der Waals surface area (Å²) in [5.74, 6) is 0.728. The highest BCUT2D eigenvalue weighted by molar-refractivity contribution is 6.04. The first-order chi connectivity index (χ1) is 9.25. The molecule has 3 rings (SSSR count). The number of fused-ring (bicyclic) bond motifs is 1. The van der Waals surface area contributed by atoms with E-state index < -0.39 is 0 Å². The van der Waals surface area contributed by atoms with Gasteiger partial charge in [0, 0.05) is 7.05 Å². The number of nitrogens with one attached hydrogen (secondary N) is 1. The third-order valence-electron chi connectivity index (χ3n) is 3.22. The molecule has 1 aliphatic rings. The zero-order valence-electron chi connectivity index (χ0n) is 10.6. The number of amides is 1. The van der Waals surface area contributed by atoms with Gasteiger partial charge in [0.2, 0.25) is 0 Å². The van der Waals surface area contributed by atoms with Crippen LogP contribution in [-0.4, -0.2) is 13.0 Å². The van der Waals surface area contributed by atoms with Gasteiger partial charge in [-0.1, -0.05) is 42.5 Å². The fourth-order valence-corrected chi connectivity index (χ4v) is 2.20. The Bertz CT molecular complexity index is 647. The van der Waals surface area contributed by atoms with E-state index in [9.17, 15) is 4.79 Å². The summed E-state index contributed by atoms with van der Waals surface area (Å²) in [5.41, 5.74) is 2.69.